The van der Waals surface area contributed by atoms with Gasteiger partial charge in [0, 0.05) is 0 Å². The van der Waals surface area contributed by atoms with Gasteiger partial charge in [-0.25, -0.2) is 8.42 Å². The van der Waals surface area contributed by atoms with E-state index in [4.69, 9.17) is 15.6 Å². The molecular weight excluding hydrogens is 306 g/mol. The molecule has 1 unspecified atom stereocenters. The maximum absolute atomic E-state index is 12.0. The van der Waals surface area contributed by atoms with Crippen LogP contribution < -0.4 is 10.5 Å². The van der Waals surface area contributed by atoms with Crippen LogP contribution in [0.15, 0.2) is 59.5 Å². The Hall–Kier alpha value is -2.38. The molecule has 0 radical (unpaired) electrons. The van der Waals surface area contributed by atoms with Gasteiger partial charge in [0.2, 0.25) is 0 Å². The fourth-order valence-corrected chi connectivity index (χ4v) is 3.10. The van der Waals surface area contributed by atoms with E-state index in [0.29, 0.717) is 11.5 Å². The zero-order chi connectivity index (χ0) is 16.2. The number of ether oxygens (including phenoxy) is 1. The monoisotopic (exact) mass is 321 g/mol. The van der Waals surface area contributed by atoms with Gasteiger partial charge in [-0.15, -0.1) is 0 Å². The van der Waals surface area contributed by atoms with E-state index in [0.717, 1.165) is 0 Å². The number of para-hydroxylation sites is 1. The van der Waals surface area contributed by atoms with Gasteiger partial charge in [0.1, 0.15) is 17.5 Å². The maximum atomic E-state index is 12.0. The average Bonchev–Trinajstić information content (AvgIpc) is 2.48. The molecule has 22 heavy (non-hydrogen) atoms. The Morgan fingerprint density at radius 2 is 1.59 bits per heavy atom. The standard InChI is InChI=1S/C15H15NO5S/c16-14(15(17)18)10-22(19,20)13-8-6-12(7-9-13)21-11-4-2-1-3-5-11/h1-9,14H,10,16H2,(H,17,18). The van der Waals surface area contributed by atoms with Crippen LogP contribution >= 0.6 is 0 Å². The van der Waals surface area contributed by atoms with Crippen molar-refractivity contribution in [1.82, 2.24) is 0 Å². The van der Waals surface area contributed by atoms with Crippen LogP contribution in [0.4, 0.5) is 0 Å². The van der Waals surface area contributed by atoms with Crippen LogP contribution in [-0.4, -0.2) is 31.3 Å². The molecule has 2 rings (SSSR count). The Bertz CT molecular complexity index is 741. The van der Waals surface area contributed by atoms with Crippen molar-refractivity contribution in [3.63, 3.8) is 0 Å². The highest BCUT2D eigenvalue weighted by atomic mass is 32.2. The lowest BCUT2D eigenvalue weighted by Gasteiger charge is -2.09. The molecule has 7 heteroatoms. The SMILES string of the molecule is NC(CS(=O)(=O)c1ccc(Oc2ccccc2)cc1)C(=O)O. The van der Waals surface area contributed by atoms with E-state index in [1.54, 1.807) is 12.1 Å². The van der Waals surface area contributed by atoms with Crippen LogP contribution in [0.1, 0.15) is 0 Å². The van der Waals surface area contributed by atoms with Crippen molar-refractivity contribution in [2.75, 3.05) is 5.75 Å². The Morgan fingerprint density at radius 3 is 2.14 bits per heavy atom. The van der Waals surface area contributed by atoms with Crippen molar-refractivity contribution in [1.29, 1.82) is 0 Å². The van der Waals surface area contributed by atoms with Crippen molar-refractivity contribution >= 4 is 15.8 Å². The molecule has 0 aliphatic carbocycles. The van der Waals surface area contributed by atoms with Crippen LogP contribution in [0.5, 0.6) is 11.5 Å². The molecule has 116 valence electrons. The highest BCUT2D eigenvalue weighted by Crippen LogP contribution is 2.23. The Labute approximate surface area is 128 Å². The third-order valence-corrected chi connectivity index (χ3v) is 4.67. The molecule has 0 saturated carbocycles. The molecule has 6 nitrogen and oxygen atoms in total. The van der Waals surface area contributed by atoms with Crippen LogP contribution in [0.2, 0.25) is 0 Å². The summed E-state index contributed by atoms with van der Waals surface area (Å²) in [6, 6.07) is 13.3. The topological polar surface area (TPSA) is 107 Å². The van der Waals surface area contributed by atoms with Gasteiger partial charge in [-0.3, -0.25) is 4.79 Å². The molecule has 0 bridgehead atoms. The molecular formula is C15H15NO5S. The molecule has 1 atom stereocenters. The second-order valence-corrected chi connectivity index (χ2v) is 6.65. The average molecular weight is 321 g/mol. The Balaban J connectivity index is 2.13. The number of sulfone groups is 1. The lowest BCUT2D eigenvalue weighted by atomic mass is 10.3. The zero-order valence-electron chi connectivity index (χ0n) is 11.5. The van der Waals surface area contributed by atoms with Crippen molar-refractivity contribution in [2.24, 2.45) is 5.73 Å². The molecule has 0 aliphatic rings. The smallest absolute Gasteiger partial charge is 0.321 e. The minimum absolute atomic E-state index is 0.00427. The van der Waals surface area contributed by atoms with Gasteiger partial charge in [0.25, 0.3) is 0 Å². The second-order valence-electron chi connectivity index (χ2n) is 4.61. The van der Waals surface area contributed by atoms with Gasteiger partial charge in [0.05, 0.1) is 10.6 Å². The summed E-state index contributed by atoms with van der Waals surface area (Å²) in [5, 5.41) is 8.69. The molecule has 0 aromatic heterocycles. The number of hydrogen-bond donors (Lipinski definition) is 2. The molecule has 0 saturated heterocycles. The number of aliphatic carboxylic acids is 1. The predicted molar refractivity (Wildman–Crippen MR) is 80.6 cm³/mol. The van der Waals surface area contributed by atoms with Crippen molar-refractivity contribution in [2.45, 2.75) is 10.9 Å². The van der Waals surface area contributed by atoms with E-state index in [2.05, 4.69) is 0 Å². The molecule has 2 aromatic rings. The second kappa shape index (κ2) is 6.59. The fourth-order valence-electron chi connectivity index (χ4n) is 1.74. The third kappa shape index (κ3) is 4.06. The first kappa shape index (κ1) is 16.0. The van der Waals surface area contributed by atoms with E-state index >= 15 is 0 Å². The summed E-state index contributed by atoms with van der Waals surface area (Å²) in [4.78, 5) is 10.7. The first-order chi connectivity index (χ1) is 10.4. The number of hydrogen-bond acceptors (Lipinski definition) is 5. The third-order valence-electron chi connectivity index (χ3n) is 2.88. The normalized spacial score (nSPS) is 12.6. The number of benzene rings is 2. The molecule has 0 heterocycles. The summed E-state index contributed by atoms with van der Waals surface area (Å²) in [5.74, 6) is -0.896. The number of rotatable bonds is 6. The van der Waals surface area contributed by atoms with Crippen LogP contribution in [0, 0.1) is 0 Å². The lowest BCUT2D eigenvalue weighted by molar-refractivity contribution is -0.137. The van der Waals surface area contributed by atoms with Gasteiger partial charge in [0.15, 0.2) is 9.84 Å². The molecule has 2 aromatic carbocycles. The predicted octanol–water partition coefficient (Wildman–Crippen LogP) is 1.66. The summed E-state index contributed by atoms with van der Waals surface area (Å²) >= 11 is 0. The number of carbonyl (C=O) groups is 1. The number of carboxylic acids is 1. The zero-order valence-corrected chi connectivity index (χ0v) is 12.4. The van der Waals surface area contributed by atoms with Gasteiger partial charge in [-0.1, -0.05) is 18.2 Å². The minimum atomic E-state index is -3.76. The summed E-state index contributed by atoms with van der Waals surface area (Å²) in [6.45, 7) is 0. The van der Waals surface area contributed by atoms with E-state index in [1.165, 1.54) is 24.3 Å². The first-order valence-corrected chi connectivity index (χ1v) is 8.08. The molecule has 0 fully saturated rings. The van der Waals surface area contributed by atoms with Crippen molar-refractivity contribution < 1.29 is 23.1 Å². The number of nitrogens with two attached hydrogens (primary N) is 1. The van der Waals surface area contributed by atoms with Gasteiger partial charge in [-0.05, 0) is 36.4 Å². The molecule has 0 aliphatic heterocycles. The Kier molecular flexibility index (Phi) is 4.79. The van der Waals surface area contributed by atoms with Crippen LogP contribution in [-0.2, 0) is 14.6 Å². The van der Waals surface area contributed by atoms with Crippen molar-refractivity contribution in [3.8, 4) is 11.5 Å². The quantitative estimate of drug-likeness (QED) is 0.838. The summed E-state index contributed by atoms with van der Waals surface area (Å²) in [7, 11) is -3.76. The molecule has 0 spiro atoms. The van der Waals surface area contributed by atoms with Gasteiger partial charge < -0.3 is 15.6 Å². The molecule has 0 amide bonds. The van der Waals surface area contributed by atoms with E-state index in [1.807, 2.05) is 18.2 Å². The summed E-state index contributed by atoms with van der Waals surface area (Å²) in [6.07, 6.45) is 0. The minimum Gasteiger partial charge on any atom is -0.480 e. The fraction of sp³-hybridized carbons (Fsp3) is 0.133. The van der Waals surface area contributed by atoms with Crippen molar-refractivity contribution in [3.05, 3.63) is 54.6 Å². The van der Waals surface area contributed by atoms with Gasteiger partial charge in [-0.2, -0.15) is 0 Å². The Morgan fingerprint density at radius 1 is 1.05 bits per heavy atom. The summed E-state index contributed by atoms with van der Waals surface area (Å²) < 4.78 is 29.6. The van der Waals surface area contributed by atoms with Gasteiger partial charge >= 0.3 is 5.97 Å². The maximum Gasteiger partial charge on any atom is 0.321 e. The van der Waals surface area contributed by atoms with E-state index < -0.39 is 27.6 Å². The lowest BCUT2D eigenvalue weighted by Crippen LogP contribution is -2.37. The molecule has 3 N–H and O–H groups in total. The highest BCUT2D eigenvalue weighted by Gasteiger charge is 2.23. The van der Waals surface area contributed by atoms with Crippen LogP contribution in [0.3, 0.4) is 0 Å². The van der Waals surface area contributed by atoms with Crippen LogP contribution in [0.25, 0.3) is 0 Å². The summed E-state index contributed by atoms with van der Waals surface area (Å²) in [5.41, 5.74) is 5.27. The largest absolute Gasteiger partial charge is 0.480 e. The highest BCUT2D eigenvalue weighted by molar-refractivity contribution is 7.91. The number of carboxylic acid groups (broad SMARTS) is 1. The van der Waals surface area contributed by atoms with E-state index in [9.17, 15) is 13.2 Å². The van der Waals surface area contributed by atoms with E-state index in [-0.39, 0.29) is 4.90 Å². The first-order valence-electron chi connectivity index (χ1n) is 6.42.